The van der Waals surface area contributed by atoms with E-state index in [0.29, 0.717) is 12.2 Å². The van der Waals surface area contributed by atoms with Crippen molar-refractivity contribution in [2.45, 2.75) is 27.3 Å². The molecule has 0 atom stereocenters. The molecule has 0 radical (unpaired) electrons. The molecule has 1 N–H and O–H groups in total. The van der Waals surface area contributed by atoms with E-state index in [-0.39, 0.29) is 11.5 Å². The number of aryl methyl sites for hydroxylation is 2. The monoisotopic (exact) mass is 217 g/mol. The molecule has 1 aromatic carbocycles. The normalized spacial score (nSPS) is 10.9. The quantitative estimate of drug-likeness (QED) is 0.786. The smallest absolute Gasteiger partial charge is 0.179 e. The van der Waals surface area contributed by atoms with E-state index in [2.05, 4.69) is 0 Å². The maximum atomic E-state index is 11.5. The molecule has 1 aromatic heterocycles. The maximum Gasteiger partial charge on any atom is 0.179 e. The van der Waals surface area contributed by atoms with Gasteiger partial charge in [-0.05, 0) is 26.0 Å². The molecular weight excluding hydrogens is 202 g/mol. The summed E-state index contributed by atoms with van der Waals surface area (Å²) in [7, 11) is 0. The summed E-state index contributed by atoms with van der Waals surface area (Å²) in [6.45, 7) is 6.09. The summed E-state index contributed by atoms with van der Waals surface area (Å²) < 4.78 is 1.85. The van der Waals surface area contributed by atoms with E-state index in [1.807, 2.05) is 36.6 Å². The van der Waals surface area contributed by atoms with Crippen LogP contribution in [0.1, 0.15) is 29.9 Å². The van der Waals surface area contributed by atoms with Crippen molar-refractivity contribution in [1.29, 1.82) is 0 Å². The van der Waals surface area contributed by atoms with Crippen LogP contribution in [-0.4, -0.2) is 15.5 Å². The molecule has 16 heavy (non-hydrogen) atoms. The largest absolute Gasteiger partial charge is 0.505 e. The Bertz CT molecular complexity index is 567. The van der Waals surface area contributed by atoms with Crippen LogP contribution in [0, 0.1) is 6.92 Å². The summed E-state index contributed by atoms with van der Waals surface area (Å²) in [5.41, 5.74) is 2.39. The van der Waals surface area contributed by atoms with E-state index in [0.717, 1.165) is 16.5 Å². The molecule has 2 rings (SSSR count). The van der Waals surface area contributed by atoms with Crippen LogP contribution in [0.3, 0.4) is 0 Å². The molecule has 2 aromatic rings. The predicted octanol–water partition coefficient (Wildman–Crippen LogP) is 2.88. The first-order chi connectivity index (χ1) is 7.56. The summed E-state index contributed by atoms with van der Waals surface area (Å²) in [6, 6.07) is 5.83. The SMILES string of the molecule is CCn1c(C(C)=O)c(O)c2cc(C)ccc21. The van der Waals surface area contributed by atoms with Crippen molar-refractivity contribution in [3.63, 3.8) is 0 Å². The number of aromatic nitrogens is 1. The Hall–Kier alpha value is -1.77. The van der Waals surface area contributed by atoms with Crippen molar-refractivity contribution in [2.75, 3.05) is 0 Å². The molecule has 3 nitrogen and oxygen atoms in total. The Labute approximate surface area is 94.3 Å². The number of hydrogen-bond acceptors (Lipinski definition) is 2. The number of benzene rings is 1. The summed E-state index contributed by atoms with van der Waals surface area (Å²) in [5.74, 6) is 0.00116. The molecule has 0 fully saturated rings. The van der Waals surface area contributed by atoms with E-state index >= 15 is 0 Å². The number of rotatable bonds is 2. The van der Waals surface area contributed by atoms with Gasteiger partial charge in [-0.3, -0.25) is 4.79 Å². The van der Waals surface area contributed by atoms with Crippen LogP contribution >= 0.6 is 0 Å². The highest BCUT2D eigenvalue weighted by Crippen LogP contribution is 2.33. The summed E-state index contributed by atoms with van der Waals surface area (Å²) in [4.78, 5) is 11.5. The van der Waals surface area contributed by atoms with Crippen molar-refractivity contribution in [3.8, 4) is 5.75 Å². The second-order valence-corrected chi connectivity index (χ2v) is 4.02. The van der Waals surface area contributed by atoms with Gasteiger partial charge in [0, 0.05) is 18.9 Å². The zero-order valence-electron chi connectivity index (χ0n) is 9.74. The average molecular weight is 217 g/mol. The van der Waals surface area contributed by atoms with Crippen LogP contribution < -0.4 is 0 Å². The van der Waals surface area contributed by atoms with E-state index in [1.54, 1.807) is 0 Å². The van der Waals surface area contributed by atoms with Gasteiger partial charge >= 0.3 is 0 Å². The van der Waals surface area contributed by atoms with Crippen molar-refractivity contribution in [1.82, 2.24) is 4.57 Å². The minimum Gasteiger partial charge on any atom is -0.505 e. The van der Waals surface area contributed by atoms with Gasteiger partial charge in [0.05, 0.1) is 5.52 Å². The van der Waals surface area contributed by atoms with Gasteiger partial charge in [-0.2, -0.15) is 0 Å². The van der Waals surface area contributed by atoms with Gasteiger partial charge in [0.2, 0.25) is 0 Å². The fourth-order valence-corrected chi connectivity index (χ4v) is 2.14. The fraction of sp³-hybridized carbons (Fsp3) is 0.308. The molecule has 0 saturated heterocycles. The molecule has 0 aliphatic heterocycles. The predicted molar refractivity (Wildman–Crippen MR) is 64.0 cm³/mol. The van der Waals surface area contributed by atoms with Crippen LogP contribution in [0.15, 0.2) is 18.2 Å². The molecule has 0 bridgehead atoms. The minimum absolute atomic E-state index is 0.104. The van der Waals surface area contributed by atoms with E-state index < -0.39 is 0 Å². The number of Topliss-reactive ketones (excluding diaryl/α,β-unsaturated/α-hetero) is 1. The summed E-state index contributed by atoms with van der Waals surface area (Å²) in [6.07, 6.45) is 0. The van der Waals surface area contributed by atoms with Crippen LogP contribution in [-0.2, 0) is 6.54 Å². The van der Waals surface area contributed by atoms with Crippen LogP contribution in [0.5, 0.6) is 5.75 Å². The van der Waals surface area contributed by atoms with Gasteiger partial charge in [0.1, 0.15) is 5.69 Å². The zero-order valence-corrected chi connectivity index (χ0v) is 9.74. The van der Waals surface area contributed by atoms with Gasteiger partial charge in [-0.15, -0.1) is 0 Å². The average Bonchev–Trinajstić information content (AvgIpc) is 2.51. The number of carbonyl (C=O) groups is 1. The highest BCUT2D eigenvalue weighted by molar-refractivity contribution is 6.04. The van der Waals surface area contributed by atoms with Gasteiger partial charge < -0.3 is 9.67 Å². The molecular formula is C13H15NO2. The van der Waals surface area contributed by atoms with Gasteiger partial charge in [0.25, 0.3) is 0 Å². The number of nitrogens with zero attached hydrogens (tertiary/aromatic N) is 1. The Morgan fingerprint density at radius 1 is 1.44 bits per heavy atom. The van der Waals surface area contributed by atoms with Crippen molar-refractivity contribution >= 4 is 16.7 Å². The van der Waals surface area contributed by atoms with Crippen LogP contribution in [0.2, 0.25) is 0 Å². The van der Waals surface area contributed by atoms with Crippen LogP contribution in [0.4, 0.5) is 0 Å². The van der Waals surface area contributed by atoms with Crippen molar-refractivity contribution in [3.05, 3.63) is 29.5 Å². The Morgan fingerprint density at radius 3 is 2.69 bits per heavy atom. The molecule has 0 unspecified atom stereocenters. The van der Waals surface area contributed by atoms with Crippen molar-refractivity contribution < 1.29 is 9.90 Å². The molecule has 0 saturated carbocycles. The number of hydrogen-bond donors (Lipinski definition) is 1. The van der Waals surface area contributed by atoms with Gasteiger partial charge in [-0.1, -0.05) is 11.6 Å². The number of carbonyl (C=O) groups excluding carboxylic acids is 1. The molecule has 0 amide bonds. The van der Waals surface area contributed by atoms with E-state index in [9.17, 15) is 9.90 Å². The first kappa shape index (κ1) is 10.7. The number of fused-ring (bicyclic) bond motifs is 1. The Morgan fingerprint density at radius 2 is 2.12 bits per heavy atom. The molecule has 0 spiro atoms. The lowest BCUT2D eigenvalue weighted by atomic mass is 10.1. The highest BCUT2D eigenvalue weighted by Gasteiger charge is 2.18. The third-order valence-electron chi connectivity index (χ3n) is 2.84. The first-order valence-corrected chi connectivity index (χ1v) is 5.39. The van der Waals surface area contributed by atoms with Crippen LogP contribution in [0.25, 0.3) is 10.9 Å². The molecule has 0 aliphatic carbocycles. The number of aromatic hydroxyl groups is 1. The highest BCUT2D eigenvalue weighted by atomic mass is 16.3. The third kappa shape index (κ3) is 1.40. The lowest BCUT2D eigenvalue weighted by molar-refractivity contribution is 0.100. The third-order valence-corrected chi connectivity index (χ3v) is 2.84. The number of ketones is 1. The van der Waals surface area contributed by atoms with Gasteiger partial charge in [-0.25, -0.2) is 0 Å². The zero-order chi connectivity index (χ0) is 11.9. The summed E-state index contributed by atoms with van der Waals surface area (Å²) >= 11 is 0. The van der Waals surface area contributed by atoms with E-state index in [4.69, 9.17) is 0 Å². The maximum absolute atomic E-state index is 11.5. The first-order valence-electron chi connectivity index (χ1n) is 5.39. The standard InChI is InChI=1S/C13H15NO2/c1-4-14-11-6-5-8(2)7-10(11)13(16)12(14)9(3)15/h5-7,16H,4H2,1-3H3. The lowest BCUT2D eigenvalue weighted by Gasteiger charge is -2.04. The summed E-state index contributed by atoms with van der Waals surface area (Å²) in [5, 5.41) is 10.8. The minimum atomic E-state index is -0.104. The van der Waals surface area contributed by atoms with Crippen molar-refractivity contribution in [2.24, 2.45) is 0 Å². The molecule has 1 heterocycles. The molecule has 3 heteroatoms. The topological polar surface area (TPSA) is 42.2 Å². The molecule has 84 valence electrons. The Kier molecular flexibility index (Phi) is 2.46. The Balaban J connectivity index is 2.90. The molecule has 0 aliphatic rings. The second-order valence-electron chi connectivity index (χ2n) is 4.02. The fourth-order valence-electron chi connectivity index (χ4n) is 2.14. The lowest BCUT2D eigenvalue weighted by Crippen LogP contribution is -2.04. The second kappa shape index (κ2) is 3.67. The van der Waals surface area contributed by atoms with E-state index in [1.165, 1.54) is 6.92 Å². The van der Waals surface area contributed by atoms with Gasteiger partial charge in [0.15, 0.2) is 11.5 Å².